The van der Waals surface area contributed by atoms with Crippen LogP contribution in [0.25, 0.3) is 0 Å². The van der Waals surface area contributed by atoms with Crippen molar-refractivity contribution in [3.8, 4) is 0 Å². The molecule has 4 rings (SSSR count). The molecule has 6 nitrogen and oxygen atoms in total. The summed E-state index contributed by atoms with van der Waals surface area (Å²) in [5.74, 6) is -0.463. The minimum Gasteiger partial charge on any atom is -0.355 e. The van der Waals surface area contributed by atoms with Crippen LogP contribution in [0.3, 0.4) is 0 Å². The van der Waals surface area contributed by atoms with E-state index in [-0.39, 0.29) is 23.7 Å². The summed E-state index contributed by atoms with van der Waals surface area (Å²) in [6, 6.07) is 10.3. The number of likely N-dealkylation sites (tertiary alicyclic amines) is 1. The van der Waals surface area contributed by atoms with Gasteiger partial charge in [-0.1, -0.05) is 30.3 Å². The van der Waals surface area contributed by atoms with Gasteiger partial charge in [0.05, 0.1) is 17.5 Å². The monoisotopic (exact) mass is 440 g/mol. The standard InChI is InChI=1S/C24H32N4O2S/c1-16(17-8-4-3-5-9-17)22(29)27-24-26-21-19(11-6-12-20(21)31-24)23(30)25-14-13-18-10-7-15-28(18)2/h3-5,8-9,16,18-19H,6-7,10-15H2,1-2H3,(H,25,30)(H,26,27,29). The fourth-order valence-electron chi connectivity index (χ4n) is 4.66. The number of aryl methyl sites for hydroxylation is 1. The normalized spacial score (nSPS) is 22.0. The highest BCUT2D eigenvalue weighted by molar-refractivity contribution is 7.15. The molecular weight excluding hydrogens is 408 g/mol. The van der Waals surface area contributed by atoms with Gasteiger partial charge in [-0.15, -0.1) is 11.3 Å². The summed E-state index contributed by atoms with van der Waals surface area (Å²) >= 11 is 1.51. The van der Waals surface area contributed by atoms with Crippen molar-refractivity contribution in [1.82, 2.24) is 15.2 Å². The van der Waals surface area contributed by atoms with Gasteiger partial charge in [0, 0.05) is 17.5 Å². The number of nitrogens with zero attached hydrogens (tertiary/aromatic N) is 2. The van der Waals surface area contributed by atoms with Gasteiger partial charge in [-0.25, -0.2) is 4.98 Å². The molecule has 1 saturated heterocycles. The van der Waals surface area contributed by atoms with Crippen LogP contribution in [0.5, 0.6) is 0 Å². The van der Waals surface area contributed by atoms with Crippen molar-refractivity contribution in [3.05, 3.63) is 46.5 Å². The first kappa shape index (κ1) is 22.0. The predicted octanol–water partition coefficient (Wildman–Crippen LogP) is 3.91. The molecule has 166 valence electrons. The summed E-state index contributed by atoms with van der Waals surface area (Å²) in [6.07, 6.45) is 6.19. The van der Waals surface area contributed by atoms with Crippen molar-refractivity contribution < 1.29 is 9.59 Å². The first-order valence-electron chi connectivity index (χ1n) is 11.4. The van der Waals surface area contributed by atoms with Gasteiger partial charge < -0.3 is 15.5 Å². The van der Waals surface area contributed by atoms with Gasteiger partial charge in [-0.05, 0) is 64.6 Å². The molecule has 2 aromatic rings. The molecule has 0 spiro atoms. The largest absolute Gasteiger partial charge is 0.355 e. The van der Waals surface area contributed by atoms with E-state index in [2.05, 4.69) is 27.6 Å². The molecule has 1 aliphatic heterocycles. The van der Waals surface area contributed by atoms with Crippen molar-refractivity contribution in [2.45, 2.75) is 63.3 Å². The number of carbonyl (C=O) groups excluding carboxylic acids is 2. The topological polar surface area (TPSA) is 74.3 Å². The molecule has 0 saturated carbocycles. The van der Waals surface area contributed by atoms with Crippen LogP contribution in [0.1, 0.15) is 67.0 Å². The van der Waals surface area contributed by atoms with Gasteiger partial charge in [0.1, 0.15) is 0 Å². The molecule has 3 unspecified atom stereocenters. The Hall–Kier alpha value is -2.25. The van der Waals surface area contributed by atoms with E-state index in [0.29, 0.717) is 17.7 Å². The summed E-state index contributed by atoms with van der Waals surface area (Å²) in [4.78, 5) is 33.8. The maximum absolute atomic E-state index is 12.9. The molecular formula is C24H32N4O2S. The van der Waals surface area contributed by atoms with Crippen LogP contribution >= 0.6 is 11.3 Å². The van der Waals surface area contributed by atoms with Gasteiger partial charge in [0.15, 0.2) is 5.13 Å². The zero-order valence-corrected chi connectivity index (χ0v) is 19.2. The van der Waals surface area contributed by atoms with E-state index in [1.807, 2.05) is 37.3 Å². The predicted molar refractivity (Wildman–Crippen MR) is 125 cm³/mol. The zero-order chi connectivity index (χ0) is 21.8. The highest BCUT2D eigenvalue weighted by atomic mass is 32.1. The third-order valence-corrected chi connectivity index (χ3v) is 7.69. The van der Waals surface area contributed by atoms with Gasteiger partial charge >= 0.3 is 0 Å². The molecule has 2 amide bonds. The van der Waals surface area contributed by atoms with Crippen molar-refractivity contribution >= 4 is 28.3 Å². The molecule has 1 aromatic carbocycles. The molecule has 2 aliphatic rings. The van der Waals surface area contributed by atoms with Crippen LogP contribution < -0.4 is 10.6 Å². The van der Waals surface area contributed by atoms with Crippen LogP contribution in [0.2, 0.25) is 0 Å². The molecule has 7 heteroatoms. The molecule has 0 bridgehead atoms. The Morgan fingerprint density at radius 3 is 2.77 bits per heavy atom. The number of fused-ring (bicyclic) bond motifs is 1. The maximum Gasteiger partial charge on any atom is 0.233 e. The first-order chi connectivity index (χ1) is 15.0. The molecule has 1 aliphatic carbocycles. The third-order valence-electron chi connectivity index (χ3n) is 6.64. The van der Waals surface area contributed by atoms with Gasteiger partial charge in [0.2, 0.25) is 11.8 Å². The van der Waals surface area contributed by atoms with Crippen LogP contribution in [0.15, 0.2) is 30.3 Å². The van der Waals surface area contributed by atoms with E-state index in [0.717, 1.165) is 48.4 Å². The molecule has 1 aromatic heterocycles. The average molecular weight is 441 g/mol. The average Bonchev–Trinajstić information content (AvgIpc) is 3.38. The molecule has 31 heavy (non-hydrogen) atoms. The number of amides is 2. The summed E-state index contributed by atoms with van der Waals surface area (Å²) in [7, 11) is 2.16. The number of carbonyl (C=O) groups is 2. The number of thiazole rings is 1. The number of aromatic nitrogens is 1. The highest BCUT2D eigenvalue weighted by Gasteiger charge is 2.31. The Labute approximate surface area is 188 Å². The van der Waals surface area contributed by atoms with Crippen LogP contribution in [-0.2, 0) is 16.0 Å². The first-order valence-corrected chi connectivity index (χ1v) is 12.2. The molecule has 2 N–H and O–H groups in total. The Balaban J connectivity index is 1.36. The van der Waals surface area contributed by atoms with Crippen molar-refractivity contribution in [2.24, 2.45) is 0 Å². The Morgan fingerprint density at radius 2 is 2.03 bits per heavy atom. The number of hydrogen-bond acceptors (Lipinski definition) is 5. The van der Waals surface area contributed by atoms with Crippen LogP contribution in [0.4, 0.5) is 5.13 Å². The molecule has 0 radical (unpaired) electrons. The second-order valence-electron chi connectivity index (χ2n) is 8.75. The SMILES string of the molecule is CC(C(=O)Nc1nc2c(s1)CCCC2C(=O)NCCC1CCCN1C)c1ccccc1. The van der Waals surface area contributed by atoms with Crippen LogP contribution in [0, 0.1) is 0 Å². The smallest absolute Gasteiger partial charge is 0.233 e. The Morgan fingerprint density at radius 1 is 1.23 bits per heavy atom. The second kappa shape index (κ2) is 9.92. The fraction of sp³-hybridized carbons (Fsp3) is 0.542. The lowest BCUT2D eigenvalue weighted by molar-refractivity contribution is -0.123. The van der Waals surface area contributed by atoms with Crippen molar-refractivity contribution in [2.75, 3.05) is 25.5 Å². The van der Waals surface area contributed by atoms with Crippen molar-refractivity contribution in [1.29, 1.82) is 0 Å². The minimum atomic E-state index is -0.255. The summed E-state index contributed by atoms with van der Waals surface area (Å²) in [6.45, 7) is 3.76. The summed E-state index contributed by atoms with van der Waals surface area (Å²) in [5.41, 5.74) is 1.83. The number of hydrogen-bond donors (Lipinski definition) is 2. The molecule has 2 heterocycles. The lowest BCUT2D eigenvalue weighted by Gasteiger charge is -2.22. The van der Waals surface area contributed by atoms with E-state index in [1.54, 1.807) is 0 Å². The summed E-state index contributed by atoms with van der Waals surface area (Å²) in [5, 5.41) is 6.72. The van der Waals surface area contributed by atoms with Gasteiger partial charge in [-0.3, -0.25) is 9.59 Å². The van der Waals surface area contributed by atoms with E-state index >= 15 is 0 Å². The lowest BCUT2D eigenvalue weighted by atomic mass is 9.90. The molecule has 3 atom stereocenters. The highest BCUT2D eigenvalue weighted by Crippen LogP contribution is 2.37. The number of rotatable bonds is 7. The number of nitrogens with one attached hydrogen (secondary N) is 2. The maximum atomic E-state index is 12.9. The van der Waals surface area contributed by atoms with Gasteiger partial charge in [-0.2, -0.15) is 0 Å². The third kappa shape index (κ3) is 5.15. The lowest BCUT2D eigenvalue weighted by Crippen LogP contribution is -2.35. The van der Waals surface area contributed by atoms with E-state index < -0.39 is 0 Å². The zero-order valence-electron chi connectivity index (χ0n) is 18.4. The fourth-order valence-corrected chi connectivity index (χ4v) is 5.73. The van der Waals surface area contributed by atoms with E-state index in [9.17, 15) is 9.59 Å². The minimum absolute atomic E-state index is 0.0704. The second-order valence-corrected chi connectivity index (χ2v) is 9.83. The quantitative estimate of drug-likeness (QED) is 0.685. The number of anilines is 1. The van der Waals surface area contributed by atoms with Gasteiger partial charge in [0.25, 0.3) is 0 Å². The Kier molecular flexibility index (Phi) is 7.02. The number of benzene rings is 1. The molecule has 1 fully saturated rings. The van der Waals surface area contributed by atoms with E-state index in [1.165, 1.54) is 24.2 Å². The van der Waals surface area contributed by atoms with E-state index in [4.69, 9.17) is 0 Å². The Bertz CT molecular complexity index is 914. The van der Waals surface area contributed by atoms with Crippen LogP contribution in [-0.4, -0.2) is 47.9 Å². The van der Waals surface area contributed by atoms with Crippen molar-refractivity contribution in [3.63, 3.8) is 0 Å². The summed E-state index contributed by atoms with van der Waals surface area (Å²) < 4.78 is 0.